The summed E-state index contributed by atoms with van der Waals surface area (Å²) in [6, 6.07) is 1.95. The Morgan fingerprint density at radius 3 is 2.50 bits per heavy atom. The first kappa shape index (κ1) is 11.1. The van der Waals surface area contributed by atoms with Gasteiger partial charge in [0.05, 0.1) is 16.9 Å². The Morgan fingerprint density at radius 1 is 1.25 bits per heavy atom. The van der Waals surface area contributed by atoms with E-state index in [1.54, 1.807) is 0 Å². The first-order valence-corrected chi connectivity index (χ1v) is 5.59. The zero-order chi connectivity index (χ0) is 11.9. The van der Waals surface area contributed by atoms with Gasteiger partial charge in [0.2, 0.25) is 0 Å². The van der Waals surface area contributed by atoms with E-state index in [1.807, 2.05) is 30.9 Å². The first-order valence-electron chi connectivity index (χ1n) is 5.59. The van der Waals surface area contributed by atoms with Crippen molar-refractivity contribution in [3.8, 4) is 0 Å². The molecule has 0 aliphatic carbocycles. The van der Waals surface area contributed by atoms with Gasteiger partial charge in [-0.15, -0.1) is 0 Å². The topological polar surface area (TPSA) is 56.7 Å². The van der Waals surface area contributed by atoms with Crippen molar-refractivity contribution in [1.82, 2.24) is 14.8 Å². The summed E-state index contributed by atoms with van der Waals surface area (Å²) in [6.45, 7) is 6.24. The highest BCUT2D eigenvalue weighted by Gasteiger charge is 2.16. The van der Waals surface area contributed by atoms with Crippen LogP contribution in [0.15, 0.2) is 12.3 Å². The molecule has 0 aliphatic heterocycles. The third-order valence-corrected chi connectivity index (χ3v) is 2.79. The minimum Gasteiger partial charge on any atom is -0.323 e. The highest BCUT2D eigenvalue weighted by atomic mass is 15.3. The molecule has 0 spiro atoms. The number of nitrogens with zero attached hydrogens (tertiary/aromatic N) is 3. The molecule has 0 aromatic carbocycles. The van der Waals surface area contributed by atoms with Crippen LogP contribution in [0.1, 0.15) is 44.1 Å². The van der Waals surface area contributed by atoms with Crippen LogP contribution in [0.25, 0.3) is 10.9 Å². The molecule has 0 amide bonds. The van der Waals surface area contributed by atoms with Crippen LogP contribution < -0.4 is 5.73 Å². The number of nitrogens with two attached hydrogens (primary N) is 1. The summed E-state index contributed by atoms with van der Waals surface area (Å²) >= 11 is 0. The Kier molecular flexibility index (Phi) is 2.68. The molecule has 0 saturated heterocycles. The van der Waals surface area contributed by atoms with Gasteiger partial charge in [0.15, 0.2) is 0 Å². The molecule has 1 atom stereocenters. The van der Waals surface area contributed by atoms with E-state index in [0.717, 1.165) is 16.9 Å². The second-order valence-corrected chi connectivity index (χ2v) is 4.54. The van der Waals surface area contributed by atoms with E-state index < -0.39 is 0 Å². The minimum atomic E-state index is -0.0703. The smallest absolute Gasteiger partial charge is 0.0913 e. The van der Waals surface area contributed by atoms with Gasteiger partial charge in [-0.1, -0.05) is 13.8 Å². The first-order chi connectivity index (χ1) is 7.52. The molecule has 0 radical (unpaired) electrons. The van der Waals surface area contributed by atoms with E-state index >= 15 is 0 Å². The molecule has 4 heteroatoms. The lowest BCUT2D eigenvalue weighted by molar-refractivity contribution is 0.716. The van der Waals surface area contributed by atoms with E-state index in [1.165, 1.54) is 5.39 Å². The van der Waals surface area contributed by atoms with E-state index in [-0.39, 0.29) is 6.04 Å². The molecular weight excluding hydrogens is 200 g/mol. The van der Waals surface area contributed by atoms with Crippen LogP contribution >= 0.6 is 0 Å². The Morgan fingerprint density at radius 2 is 1.94 bits per heavy atom. The molecule has 0 fully saturated rings. The largest absolute Gasteiger partial charge is 0.323 e. The maximum atomic E-state index is 5.93. The van der Waals surface area contributed by atoms with Gasteiger partial charge in [0, 0.05) is 24.7 Å². The number of aryl methyl sites for hydroxylation is 1. The summed E-state index contributed by atoms with van der Waals surface area (Å²) < 4.78 is 1.89. The monoisotopic (exact) mass is 218 g/mol. The molecule has 2 N–H and O–H groups in total. The normalized spacial score (nSPS) is 13.6. The number of hydrogen-bond acceptors (Lipinski definition) is 3. The van der Waals surface area contributed by atoms with Crippen molar-refractivity contribution in [2.45, 2.75) is 32.7 Å². The number of pyridine rings is 1. The number of rotatable bonds is 2. The van der Waals surface area contributed by atoms with Gasteiger partial charge in [0.25, 0.3) is 0 Å². The van der Waals surface area contributed by atoms with Crippen molar-refractivity contribution >= 4 is 10.9 Å². The molecule has 16 heavy (non-hydrogen) atoms. The van der Waals surface area contributed by atoms with Gasteiger partial charge in [0.1, 0.15) is 0 Å². The fraction of sp³-hybridized carbons (Fsp3) is 0.500. The number of hydrogen-bond donors (Lipinski definition) is 1. The van der Waals surface area contributed by atoms with Gasteiger partial charge < -0.3 is 5.73 Å². The Balaban J connectivity index is 2.79. The summed E-state index contributed by atoms with van der Waals surface area (Å²) in [5.41, 5.74) is 9.02. The Bertz CT molecular complexity index is 511. The quantitative estimate of drug-likeness (QED) is 0.840. The average molecular weight is 218 g/mol. The lowest BCUT2D eigenvalue weighted by Crippen LogP contribution is -2.09. The predicted octanol–water partition coefficient (Wildman–Crippen LogP) is 2.11. The molecule has 4 nitrogen and oxygen atoms in total. The van der Waals surface area contributed by atoms with Crippen molar-refractivity contribution in [2.75, 3.05) is 0 Å². The molecule has 0 saturated carbocycles. The van der Waals surface area contributed by atoms with Crippen molar-refractivity contribution < 1.29 is 0 Å². The van der Waals surface area contributed by atoms with E-state index in [2.05, 4.69) is 23.9 Å². The molecular formula is C12H18N4. The van der Waals surface area contributed by atoms with Crippen LogP contribution in [-0.2, 0) is 7.05 Å². The lowest BCUT2D eigenvalue weighted by Gasteiger charge is -2.07. The predicted molar refractivity (Wildman–Crippen MR) is 65.2 cm³/mol. The minimum absolute atomic E-state index is 0.0703. The van der Waals surface area contributed by atoms with E-state index in [0.29, 0.717) is 5.92 Å². The second kappa shape index (κ2) is 3.87. The van der Waals surface area contributed by atoms with Crippen LogP contribution in [0.5, 0.6) is 0 Å². The Labute approximate surface area is 95.5 Å². The maximum absolute atomic E-state index is 5.93. The lowest BCUT2D eigenvalue weighted by atomic mass is 10.1. The zero-order valence-corrected chi connectivity index (χ0v) is 10.2. The van der Waals surface area contributed by atoms with Crippen molar-refractivity contribution in [3.05, 3.63) is 23.7 Å². The summed E-state index contributed by atoms with van der Waals surface area (Å²) in [5.74, 6) is 0.409. The second-order valence-electron chi connectivity index (χ2n) is 4.54. The molecule has 2 aromatic rings. The molecule has 0 aliphatic rings. The van der Waals surface area contributed by atoms with Crippen LogP contribution in [0.4, 0.5) is 0 Å². The Hall–Kier alpha value is -1.42. The summed E-state index contributed by atoms with van der Waals surface area (Å²) in [7, 11) is 1.95. The van der Waals surface area contributed by atoms with Gasteiger partial charge in [-0.2, -0.15) is 5.10 Å². The SMILES string of the molecule is CC(C)c1nn(C)c2c(C(C)N)nccc12. The average Bonchev–Trinajstić information content (AvgIpc) is 2.56. The van der Waals surface area contributed by atoms with Crippen LogP contribution in [0, 0.1) is 0 Å². The van der Waals surface area contributed by atoms with Crippen molar-refractivity contribution in [1.29, 1.82) is 0 Å². The number of aromatic nitrogens is 3. The van der Waals surface area contributed by atoms with E-state index in [9.17, 15) is 0 Å². The van der Waals surface area contributed by atoms with Crippen LogP contribution in [0.2, 0.25) is 0 Å². The van der Waals surface area contributed by atoms with Gasteiger partial charge in [-0.3, -0.25) is 9.67 Å². The number of fused-ring (bicyclic) bond motifs is 1. The van der Waals surface area contributed by atoms with Crippen molar-refractivity contribution in [3.63, 3.8) is 0 Å². The molecule has 0 bridgehead atoms. The molecule has 86 valence electrons. The van der Waals surface area contributed by atoms with Gasteiger partial charge in [-0.25, -0.2) is 0 Å². The highest BCUT2D eigenvalue weighted by Crippen LogP contribution is 2.27. The summed E-state index contributed by atoms with van der Waals surface area (Å²) in [4.78, 5) is 4.35. The van der Waals surface area contributed by atoms with Gasteiger partial charge in [-0.05, 0) is 18.9 Å². The van der Waals surface area contributed by atoms with Crippen molar-refractivity contribution in [2.24, 2.45) is 12.8 Å². The molecule has 2 heterocycles. The highest BCUT2D eigenvalue weighted by molar-refractivity contribution is 5.84. The molecule has 1 unspecified atom stereocenters. The third-order valence-electron chi connectivity index (χ3n) is 2.79. The zero-order valence-electron chi connectivity index (χ0n) is 10.2. The summed E-state index contributed by atoms with van der Waals surface area (Å²) in [5, 5.41) is 5.72. The van der Waals surface area contributed by atoms with Crippen LogP contribution in [0.3, 0.4) is 0 Å². The van der Waals surface area contributed by atoms with Crippen LogP contribution in [-0.4, -0.2) is 14.8 Å². The summed E-state index contributed by atoms with van der Waals surface area (Å²) in [6.07, 6.45) is 1.81. The fourth-order valence-corrected chi connectivity index (χ4v) is 2.04. The standard InChI is InChI=1S/C12H18N4/c1-7(2)10-9-5-6-14-11(8(3)13)12(9)16(4)15-10/h5-8H,13H2,1-4H3. The van der Waals surface area contributed by atoms with E-state index in [4.69, 9.17) is 5.73 Å². The maximum Gasteiger partial charge on any atom is 0.0913 e. The molecule has 2 aromatic heterocycles. The fourth-order valence-electron chi connectivity index (χ4n) is 2.04. The third kappa shape index (κ3) is 1.59. The van der Waals surface area contributed by atoms with Gasteiger partial charge >= 0.3 is 0 Å². The molecule has 2 rings (SSSR count).